The number of anilines is 3. The van der Waals surface area contributed by atoms with E-state index < -0.39 is 0 Å². The van der Waals surface area contributed by atoms with Crippen molar-refractivity contribution in [2.75, 3.05) is 28.2 Å². The standard InChI is InChI=1S/C28H28N6OS/c36-28(29-17-23-12-13-24(35-23)20-8-2-1-3-9-20)32-27-30-25(33-14-6-7-15-33)16-26(31-27)34-18-21-10-4-5-11-22(21)19-34/h1-5,8-13,16H,6-7,14-15,17-19H2,(H2,29,30,31,32,36). The SMILES string of the molecule is S=C(NCc1ccc(-c2ccccc2)o1)Nc1nc(N2CCCC2)cc(N2Cc3ccccc3C2)n1. The number of benzene rings is 2. The highest BCUT2D eigenvalue weighted by molar-refractivity contribution is 7.80. The molecule has 0 saturated carbocycles. The third-order valence-electron chi connectivity index (χ3n) is 6.66. The van der Waals surface area contributed by atoms with Crippen LogP contribution in [0.2, 0.25) is 0 Å². The smallest absolute Gasteiger partial charge is 0.232 e. The van der Waals surface area contributed by atoms with E-state index in [1.54, 1.807) is 0 Å². The van der Waals surface area contributed by atoms with E-state index >= 15 is 0 Å². The molecule has 0 unspecified atom stereocenters. The van der Waals surface area contributed by atoms with Crippen molar-refractivity contribution in [3.05, 3.63) is 89.7 Å². The van der Waals surface area contributed by atoms with Crippen molar-refractivity contribution >= 4 is 34.9 Å². The molecule has 7 nitrogen and oxygen atoms in total. The maximum absolute atomic E-state index is 5.98. The monoisotopic (exact) mass is 496 g/mol. The summed E-state index contributed by atoms with van der Waals surface area (Å²) in [4.78, 5) is 14.3. The lowest BCUT2D eigenvalue weighted by Crippen LogP contribution is -2.29. The summed E-state index contributed by atoms with van der Waals surface area (Å²) < 4.78 is 5.98. The minimum absolute atomic E-state index is 0.460. The van der Waals surface area contributed by atoms with Crippen LogP contribution in [0.1, 0.15) is 29.7 Å². The van der Waals surface area contributed by atoms with Crippen LogP contribution in [0.15, 0.2) is 77.2 Å². The van der Waals surface area contributed by atoms with E-state index in [1.807, 2.05) is 42.5 Å². The van der Waals surface area contributed by atoms with Crippen LogP contribution >= 0.6 is 12.2 Å². The minimum Gasteiger partial charge on any atom is -0.459 e. The summed E-state index contributed by atoms with van der Waals surface area (Å²) in [7, 11) is 0. The second-order valence-corrected chi connectivity index (χ2v) is 9.57. The summed E-state index contributed by atoms with van der Waals surface area (Å²) in [5, 5.41) is 6.89. The van der Waals surface area contributed by atoms with Crippen LogP contribution in [0.25, 0.3) is 11.3 Å². The molecule has 36 heavy (non-hydrogen) atoms. The van der Waals surface area contributed by atoms with Crippen molar-refractivity contribution in [1.29, 1.82) is 0 Å². The van der Waals surface area contributed by atoms with Crippen molar-refractivity contribution in [1.82, 2.24) is 15.3 Å². The molecule has 1 fully saturated rings. The van der Waals surface area contributed by atoms with Gasteiger partial charge in [0.25, 0.3) is 0 Å². The molecule has 0 amide bonds. The van der Waals surface area contributed by atoms with Crippen molar-refractivity contribution in [2.45, 2.75) is 32.5 Å². The third kappa shape index (κ3) is 4.90. The molecule has 6 rings (SSSR count). The molecule has 2 aliphatic rings. The topological polar surface area (TPSA) is 69.5 Å². The largest absolute Gasteiger partial charge is 0.459 e. The van der Waals surface area contributed by atoms with Crippen molar-refractivity contribution in [2.24, 2.45) is 0 Å². The molecule has 0 aliphatic carbocycles. The highest BCUT2D eigenvalue weighted by Crippen LogP contribution is 2.30. The molecular weight excluding hydrogens is 468 g/mol. The average Bonchev–Trinajstić information content (AvgIpc) is 3.68. The first-order valence-electron chi connectivity index (χ1n) is 12.4. The van der Waals surface area contributed by atoms with Crippen LogP contribution in [-0.2, 0) is 19.6 Å². The fraction of sp³-hybridized carbons (Fsp3) is 0.250. The van der Waals surface area contributed by atoms with E-state index in [-0.39, 0.29) is 0 Å². The first-order valence-corrected chi connectivity index (χ1v) is 12.8. The Morgan fingerprint density at radius 2 is 1.50 bits per heavy atom. The van der Waals surface area contributed by atoms with E-state index in [0.717, 1.165) is 54.9 Å². The zero-order chi connectivity index (χ0) is 24.3. The molecule has 4 aromatic rings. The Morgan fingerprint density at radius 1 is 0.833 bits per heavy atom. The van der Waals surface area contributed by atoms with Gasteiger partial charge in [0.2, 0.25) is 5.95 Å². The van der Waals surface area contributed by atoms with Gasteiger partial charge in [0.05, 0.1) is 6.54 Å². The number of hydrogen-bond donors (Lipinski definition) is 2. The molecule has 0 bridgehead atoms. The lowest BCUT2D eigenvalue weighted by atomic mass is 10.1. The highest BCUT2D eigenvalue weighted by atomic mass is 32.1. The van der Waals surface area contributed by atoms with Gasteiger partial charge in [-0.25, -0.2) is 0 Å². The predicted octanol–water partition coefficient (Wildman–Crippen LogP) is 5.34. The van der Waals surface area contributed by atoms with Gasteiger partial charge in [-0.05, 0) is 48.3 Å². The Balaban J connectivity index is 1.15. The van der Waals surface area contributed by atoms with Crippen molar-refractivity contribution in [3.8, 4) is 11.3 Å². The number of nitrogens with zero attached hydrogens (tertiary/aromatic N) is 4. The summed E-state index contributed by atoms with van der Waals surface area (Å²) >= 11 is 5.58. The normalized spacial score (nSPS) is 14.7. The maximum Gasteiger partial charge on any atom is 0.232 e. The van der Waals surface area contributed by atoms with Gasteiger partial charge in [-0.1, -0.05) is 54.6 Å². The summed E-state index contributed by atoms with van der Waals surface area (Å²) in [6.07, 6.45) is 2.37. The number of thiocarbonyl (C=S) groups is 1. The maximum atomic E-state index is 5.98. The second-order valence-electron chi connectivity index (χ2n) is 9.17. The minimum atomic E-state index is 0.460. The fourth-order valence-electron chi connectivity index (χ4n) is 4.79. The van der Waals surface area contributed by atoms with Crippen molar-refractivity contribution in [3.63, 3.8) is 0 Å². The van der Waals surface area contributed by atoms with Crippen molar-refractivity contribution < 1.29 is 4.42 Å². The lowest BCUT2D eigenvalue weighted by molar-refractivity contribution is 0.516. The fourth-order valence-corrected chi connectivity index (χ4v) is 4.95. The third-order valence-corrected chi connectivity index (χ3v) is 6.91. The number of hydrogen-bond acceptors (Lipinski definition) is 6. The van der Waals surface area contributed by atoms with E-state index in [4.69, 9.17) is 26.6 Å². The number of aromatic nitrogens is 2. The van der Waals surface area contributed by atoms with Crippen LogP contribution in [0, 0.1) is 0 Å². The van der Waals surface area contributed by atoms with Crippen LogP contribution in [0.3, 0.4) is 0 Å². The first-order chi connectivity index (χ1) is 17.7. The van der Waals surface area contributed by atoms with Crippen LogP contribution in [-0.4, -0.2) is 28.2 Å². The molecule has 8 heteroatoms. The highest BCUT2D eigenvalue weighted by Gasteiger charge is 2.23. The van der Waals surface area contributed by atoms with Gasteiger partial charge in [-0.3, -0.25) is 0 Å². The number of fused-ring (bicyclic) bond motifs is 1. The first kappa shape index (κ1) is 22.5. The molecule has 182 valence electrons. The van der Waals surface area contributed by atoms with E-state index in [9.17, 15) is 0 Å². The van der Waals surface area contributed by atoms with Crippen LogP contribution in [0.4, 0.5) is 17.6 Å². The Hall–Kier alpha value is -3.91. The zero-order valence-corrected chi connectivity index (χ0v) is 20.8. The molecule has 0 atom stereocenters. The average molecular weight is 497 g/mol. The van der Waals surface area contributed by atoms with Gasteiger partial charge in [-0.15, -0.1) is 0 Å². The van der Waals surface area contributed by atoms with Gasteiger partial charge in [0.15, 0.2) is 5.11 Å². The van der Waals surface area contributed by atoms with Crippen LogP contribution in [0.5, 0.6) is 0 Å². The summed E-state index contributed by atoms with van der Waals surface area (Å²) in [6.45, 7) is 4.19. The van der Waals surface area contributed by atoms with E-state index in [0.29, 0.717) is 17.6 Å². The molecule has 2 N–H and O–H groups in total. The van der Waals surface area contributed by atoms with Gasteiger partial charge < -0.3 is 24.9 Å². The molecule has 1 saturated heterocycles. The molecule has 0 radical (unpaired) electrons. The second kappa shape index (κ2) is 9.99. The van der Waals surface area contributed by atoms with Crippen LogP contribution < -0.4 is 20.4 Å². The molecular formula is C28H28N6OS. The molecule has 4 heterocycles. The Kier molecular flexibility index (Phi) is 6.26. The summed E-state index contributed by atoms with van der Waals surface area (Å²) in [6, 6.07) is 24.7. The number of rotatable bonds is 6. The Morgan fingerprint density at radius 3 is 2.22 bits per heavy atom. The summed E-state index contributed by atoms with van der Waals surface area (Å²) in [5.74, 6) is 4.00. The van der Waals surface area contributed by atoms with Gasteiger partial charge in [0, 0.05) is 37.8 Å². The van der Waals surface area contributed by atoms with Gasteiger partial charge in [0.1, 0.15) is 23.2 Å². The predicted molar refractivity (Wildman–Crippen MR) is 147 cm³/mol. The van der Waals surface area contributed by atoms with E-state index in [2.05, 4.69) is 50.8 Å². The Labute approximate surface area is 216 Å². The molecule has 2 aromatic carbocycles. The quantitative estimate of drug-likeness (QED) is 0.347. The molecule has 0 spiro atoms. The Bertz CT molecular complexity index is 1340. The molecule has 2 aliphatic heterocycles. The molecule has 2 aromatic heterocycles. The van der Waals surface area contributed by atoms with Gasteiger partial charge >= 0.3 is 0 Å². The summed E-state index contributed by atoms with van der Waals surface area (Å²) in [5.41, 5.74) is 3.74. The number of furan rings is 1. The van der Waals surface area contributed by atoms with Gasteiger partial charge in [-0.2, -0.15) is 9.97 Å². The van der Waals surface area contributed by atoms with E-state index in [1.165, 1.54) is 24.0 Å². The zero-order valence-electron chi connectivity index (χ0n) is 20.0. The number of nitrogens with one attached hydrogen (secondary N) is 2. The lowest BCUT2D eigenvalue weighted by Gasteiger charge is -2.22.